The van der Waals surface area contributed by atoms with Gasteiger partial charge < -0.3 is 15.2 Å². The molecule has 0 saturated carbocycles. The normalized spacial score (nSPS) is 13.6. The minimum atomic E-state index is -0.567. The first-order valence-corrected chi connectivity index (χ1v) is 8.14. The molecule has 0 aromatic heterocycles. The molecule has 118 valence electrons. The maximum Gasteiger partial charge on any atom is 0.347 e. The van der Waals surface area contributed by atoms with Crippen molar-refractivity contribution in [3.05, 3.63) is 28.2 Å². The van der Waals surface area contributed by atoms with Crippen LogP contribution < -0.4 is 10.5 Å². The van der Waals surface area contributed by atoms with Crippen molar-refractivity contribution in [3.8, 4) is 5.75 Å². The monoisotopic (exact) mass is 357 g/mol. The number of carbonyl (C=O) groups is 1. The molecule has 0 bridgehead atoms. The molecule has 1 aromatic rings. The summed E-state index contributed by atoms with van der Waals surface area (Å²) in [5.74, 6) is 0.385. The van der Waals surface area contributed by atoms with Gasteiger partial charge in [0.05, 0.1) is 6.61 Å². The Morgan fingerprint density at radius 3 is 2.67 bits per heavy atom. The van der Waals surface area contributed by atoms with Crippen LogP contribution in [-0.2, 0) is 16.0 Å². The Bertz CT molecular complexity index is 463. The summed E-state index contributed by atoms with van der Waals surface area (Å²) < 4.78 is 11.9. The fraction of sp³-hybridized carbons (Fsp3) is 0.562. The number of esters is 1. The van der Waals surface area contributed by atoms with Crippen LogP contribution in [-0.4, -0.2) is 24.7 Å². The van der Waals surface area contributed by atoms with Gasteiger partial charge in [0.2, 0.25) is 0 Å². The Morgan fingerprint density at radius 1 is 1.38 bits per heavy atom. The second kappa shape index (κ2) is 9.05. The Kier molecular flexibility index (Phi) is 7.75. The van der Waals surface area contributed by atoms with Gasteiger partial charge in [-0.1, -0.05) is 29.3 Å². The van der Waals surface area contributed by atoms with E-state index in [1.54, 1.807) is 6.92 Å². The summed E-state index contributed by atoms with van der Waals surface area (Å²) in [4.78, 5) is 12.0. The third kappa shape index (κ3) is 6.06. The van der Waals surface area contributed by atoms with Gasteiger partial charge in [-0.2, -0.15) is 0 Å². The van der Waals surface area contributed by atoms with Crippen molar-refractivity contribution in [1.82, 2.24) is 0 Å². The Morgan fingerprint density at radius 2 is 2.10 bits per heavy atom. The molecule has 0 aliphatic carbocycles. The molecular formula is C16H24BrNO3. The van der Waals surface area contributed by atoms with Gasteiger partial charge >= 0.3 is 5.97 Å². The van der Waals surface area contributed by atoms with E-state index in [9.17, 15) is 4.79 Å². The summed E-state index contributed by atoms with van der Waals surface area (Å²) in [5.41, 5.74) is 6.87. The molecule has 21 heavy (non-hydrogen) atoms. The first-order chi connectivity index (χ1) is 9.97. The molecule has 0 amide bonds. The summed E-state index contributed by atoms with van der Waals surface area (Å²) in [6.45, 7) is 6.11. The fourth-order valence-corrected chi connectivity index (χ4v) is 2.45. The first kappa shape index (κ1) is 18.0. The Balaban J connectivity index is 2.94. The number of benzene rings is 1. The van der Waals surface area contributed by atoms with E-state index >= 15 is 0 Å². The van der Waals surface area contributed by atoms with Crippen LogP contribution in [0.3, 0.4) is 0 Å². The second-order valence-electron chi connectivity index (χ2n) is 5.08. The highest BCUT2D eigenvalue weighted by Crippen LogP contribution is 2.26. The smallest absolute Gasteiger partial charge is 0.347 e. The van der Waals surface area contributed by atoms with Crippen LogP contribution in [0.2, 0.25) is 0 Å². The molecule has 0 aliphatic heterocycles. The summed E-state index contributed by atoms with van der Waals surface area (Å²) in [5, 5.41) is 0. The first-order valence-electron chi connectivity index (χ1n) is 7.35. The van der Waals surface area contributed by atoms with E-state index in [2.05, 4.69) is 15.9 Å². The van der Waals surface area contributed by atoms with Crippen LogP contribution in [0.15, 0.2) is 22.7 Å². The van der Waals surface area contributed by atoms with Gasteiger partial charge in [-0.05, 0) is 50.5 Å². The van der Waals surface area contributed by atoms with Gasteiger partial charge in [0.1, 0.15) is 5.75 Å². The Hall–Kier alpha value is -1.07. The zero-order chi connectivity index (χ0) is 15.8. The van der Waals surface area contributed by atoms with Crippen LogP contribution >= 0.6 is 15.9 Å². The molecule has 0 aliphatic rings. The molecule has 0 fully saturated rings. The van der Waals surface area contributed by atoms with E-state index in [0.29, 0.717) is 25.2 Å². The molecule has 1 aromatic carbocycles. The van der Waals surface area contributed by atoms with Crippen LogP contribution in [0.25, 0.3) is 0 Å². The highest BCUT2D eigenvalue weighted by Gasteiger charge is 2.22. The summed E-state index contributed by atoms with van der Waals surface area (Å²) in [6, 6.07) is 5.76. The summed E-state index contributed by atoms with van der Waals surface area (Å²) in [7, 11) is 0. The lowest BCUT2D eigenvalue weighted by atomic mass is 10.1. The predicted molar refractivity (Wildman–Crippen MR) is 87.5 cm³/mol. The lowest BCUT2D eigenvalue weighted by Gasteiger charge is -2.20. The Labute approximate surface area is 135 Å². The molecule has 4 nitrogen and oxygen atoms in total. The minimum absolute atomic E-state index is 0.0221. The van der Waals surface area contributed by atoms with Crippen molar-refractivity contribution >= 4 is 21.9 Å². The third-order valence-corrected chi connectivity index (χ3v) is 3.43. The number of carbonyl (C=O) groups excluding carboxylic acids is 1. The van der Waals surface area contributed by atoms with Crippen molar-refractivity contribution in [2.24, 2.45) is 5.73 Å². The molecule has 0 radical (unpaired) electrons. The number of ether oxygens (including phenoxy) is 2. The standard InChI is InChI=1S/C16H24BrNO3/c1-4-6-15(16(19)20-5-2)21-14-8-7-13(17)10-12(14)9-11(3)18/h7-8,10-11,15H,4-6,9,18H2,1-3H3. The fourth-order valence-electron chi connectivity index (χ4n) is 2.04. The van der Waals surface area contributed by atoms with Gasteiger partial charge in [-0.15, -0.1) is 0 Å². The minimum Gasteiger partial charge on any atom is -0.478 e. The third-order valence-electron chi connectivity index (χ3n) is 2.93. The number of hydrogen-bond acceptors (Lipinski definition) is 4. The molecular weight excluding hydrogens is 334 g/mol. The van der Waals surface area contributed by atoms with Crippen LogP contribution in [0.1, 0.15) is 39.2 Å². The van der Waals surface area contributed by atoms with Crippen molar-refractivity contribution in [1.29, 1.82) is 0 Å². The average molecular weight is 358 g/mol. The van der Waals surface area contributed by atoms with Gasteiger partial charge in [-0.25, -0.2) is 4.79 Å². The van der Waals surface area contributed by atoms with Crippen molar-refractivity contribution < 1.29 is 14.3 Å². The van der Waals surface area contributed by atoms with E-state index in [-0.39, 0.29) is 12.0 Å². The SMILES string of the molecule is CCCC(Oc1ccc(Br)cc1CC(C)N)C(=O)OCC. The van der Waals surface area contributed by atoms with E-state index < -0.39 is 6.10 Å². The zero-order valence-corrected chi connectivity index (χ0v) is 14.5. The molecule has 0 saturated heterocycles. The number of halogens is 1. The number of nitrogens with two attached hydrogens (primary N) is 1. The predicted octanol–water partition coefficient (Wildman–Crippen LogP) is 3.45. The highest BCUT2D eigenvalue weighted by atomic mass is 79.9. The van der Waals surface area contributed by atoms with Gasteiger partial charge in [0, 0.05) is 10.5 Å². The summed E-state index contributed by atoms with van der Waals surface area (Å²) >= 11 is 3.45. The molecule has 2 unspecified atom stereocenters. The van der Waals surface area contributed by atoms with E-state index in [1.165, 1.54) is 0 Å². The highest BCUT2D eigenvalue weighted by molar-refractivity contribution is 9.10. The second-order valence-corrected chi connectivity index (χ2v) is 6.00. The number of hydrogen-bond donors (Lipinski definition) is 1. The van der Waals surface area contributed by atoms with Crippen molar-refractivity contribution in [2.75, 3.05) is 6.61 Å². The maximum atomic E-state index is 12.0. The lowest BCUT2D eigenvalue weighted by molar-refractivity contribution is -0.151. The van der Waals surface area contributed by atoms with E-state index in [4.69, 9.17) is 15.2 Å². The zero-order valence-electron chi connectivity index (χ0n) is 12.9. The maximum absolute atomic E-state index is 12.0. The van der Waals surface area contributed by atoms with Gasteiger partial charge in [-0.3, -0.25) is 0 Å². The van der Waals surface area contributed by atoms with Crippen LogP contribution in [0.5, 0.6) is 5.75 Å². The molecule has 0 heterocycles. The van der Waals surface area contributed by atoms with Crippen molar-refractivity contribution in [3.63, 3.8) is 0 Å². The number of rotatable bonds is 8. The molecule has 2 atom stereocenters. The quantitative estimate of drug-likeness (QED) is 0.723. The lowest BCUT2D eigenvalue weighted by Crippen LogP contribution is -2.30. The summed E-state index contributed by atoms with van der Waals surface area (Å²) in [6.07, 6.45) is 1.61. The van der Waals surface area contributed by atoms with Gasteiger partial charge in [0.25, 0.3) is 0 Å². The van der Waals surface area contributed by atoms with Crippen LogP contribution in [0, 0.1) is 0 Å². The molecule has 2 N–H and O–H groups in total. The largest absolute Gasteiger partial charge is 0.478 e. The molecule has 0 spiro atoms. The molecule has 5 heteroatoms. The van der Waals surface area contributed by atoms with E-state index in [0.717, 1.165) is 16.5 Å². The van der Waals surface area contributed by atoms with Crippen molar-refractivity contribution in [2.45, 2.75) is 52.2 Å². The average Bonchev–Trinajstić information content (AvgIpc) is 2.40. The van der Waals surface area contributed by atoms with E-state index in [1.807, 2.05) is 32.0 Å². The van der Waals surface area contributed by atoms with Crippen LogP contribution in [0.4, 0.5) is 0 Å². The topological polar surface area (TPSA) is 61.5 Å². The molecule has 1 rings (SSSR count). The van der Waals surface area contributed by atoms with Gasteiger partial charge in [0.15, 0.2) is 6.10 Å².